The summed E-state index contributed by atoms with van der Waals surface area (Å²) < 4.78 is 77.0. The second kappa shape index (κ2) is 21.9. The van der Waals surface area contributed by atoms with E-state index in [2.05, 4.69) is 19.2 Å². The molecule has 9 nitrogen and oxygen atoms in total. The maximum atomic E-state index is 13.0. The van der Waals surface area contributed by atoms with Crippen LogP contribution < -0.4 is 5.32 Å². The molecule has 0 bridgehead atoms. The number of alkyl halides is 3. The summed E-state index contributed by atoms with van der Waals surface area (Å²) in [7, 11) is 0. The van der Waals surface area contributed by atoms with E-state index in [0.717, 1.165) is 25.2 Å². The lowest BCUT2D eigenvalue weighted by Crippen LogP contribution is -2.15. The summed E-state index contributed by atoms with van der Waals surface area (Å²) in [4.78, 5) is 12.5. The van der Waals surface area contributed by atoms with Gasteiger partial charge in [0, 0.05) is 12.3 Å². The largest absolute Gasteiger partial charge is 0.460 e. The maximum Gasteiger partial charge on any atom is 0.416 e. The van der Waals surface area contributed by atoms with E-state index in [1.54, 1.807) is 18.2 Å². The molecule has 0 amide bonds. The number of hydrogen-bond acceptors (Lipinski definition) is 9. The van der Waals surface area contributed by atoms with Gasteiger partial charge in [-0.15, -0.1) is 0 Å². The molecule has 0 saturated carbocycles. The molecular formula is C31H44F3NO8. The monoisotopic (exact) mass is 615 g/mol. The van der Waals surface area contributed by atoms with E-state index in [1.165, 1.54) is 18.2 Å². The van der Waals surface area contributed by atoms with Crippen molar-refractivity contribution < 1.29 is 51.1 Å². The number of halogens is 3. The fraction of sp³-hybridized carbons (Fsp3) is 0.581. The Morgan fingerprint density at radius 1 is 0.721 bits per heavy atom. The lowest BCUT2D eigenvalue weighted by Gasteiger charge is -2.13. The number of esters is 1. The van der Waals surface area contributed by atoms with Crippen molar-refractivity contribution in [3.8, 4) is 0 Å². The Balaban J connectivity index is 1.44. The van der Waals surface area contributed by atoms with Gasteiger partial charge in [-0.3, -0.25) is 0 Å². The minimum Gasteiger partial charge on any atom is -0.460 e. The van der Waals surface area contributed by atoms with Gasteiger partial charge in [-0.25, -0.2) is 4.79 Å². The van der Waals surface area contributed by atoms with Crippen LogP contribution in [-0.4, -0.2) is 91.9 Å². The first-order valence-corrected chi connectivity index (χ1v) is 14.5. The number of ether oxygens (including phenoxy) is 7. The van der Waals surface area contributed by atoms with Crippen molar-refractivity contribution in [3.63, 3.8) is 0 Å². The number of carbonyl (C=O) groups excluding carboxylic acids is 1. The van der Waals surface area contributed by atoms with Gasteiger partial charge in [-0.2, -0.15) is 13.2 Å². The first-order chi connectivity index (χ1) is 20.8. The molecule has 2 aromatic carbocycles. The molecule has 0 aromatic heterocycles. The fourth-order valence-electron chi connectivity index (χ4n) is 3.47. The maximum absolute atomic E-state index is 13.0. The zero-order valence-electron chi connectivity index (χ0n) is 25.0. The van der Waals surface area contributed by atoms with Gasteiger partial charge in [0.15, 0.2) is 0 Å². The molecule has 0 fully saturated rings. The molecule has 0 heterocycles. The molecule has 0 spiro atoms. The third-order valence-corrected chi connectivity index (χ3v) is 6.04. The van der Waals surface area contributed by atoms with Crippen LogP contribution in [0.15, 0.2) is 48.5 Å². The number of para-hydroxylation sites is 1. The molecule has 0 radical (unpaired) electrons. The summed E-state index contributed by atoms with van der Waals surface area (Å²) in [6.45, 7) is 9.86. The molecule has 1 N–H and O–H groups in total. The molecule has 2 rings (SSSR count). The molecular weight excluding hydrogens is 571 g/mol. The Morgan fingerprint density at radius 2 is 1.23 bits per heavy atom. The number of rotatable bonds is 24. The van der Waals surface area contributed by atoms with E-state index in [-0.39, 0.29) is 24.5 Å². The van der Waals surface area contributed by atoms with E-state index in [1.807, 2.05) is 0 Å². The van der Waals surface area contributed by atoms with Crippen LogP contribution >= 0.6 is 0 Å². The number of hydrogen-bond donors (Lipinski definition) is 1. The van der Waals surface area contributed by atoms with Gasteiger partial charge < -0.3 is 38.5 Å². The highest BCUT2D eigenvalue weighted by Gasteiger charge is 2.30. The highest BCUT2D eigenvalue weighted by Crippen LogP contribution is 2.32. The molecule has 242 valence electrons. The van der Waals surface area contributed by atoms with Crippen molar-refractivity contribution >= 4 is 17.3 Å². The lowest BCUT2D eigenvalue weighted by molar-refractivity contribution is -0.137. The molecule has 0 aliphatic heterocycles. The number of anilines is 2. The average molecular weight is 616 g/mol. The molecule has 0 aliphatic rings. The van der Waals surface area contributed by atoms with Crippen LogP contribution in [0.25, 0.3) is 0 Å². The second-order valence-corrected chi connectivity index (χ2v) is 9.54. The minimum absolute atomic E-state index is 0.0108. The Bertz CT molecular complexity index is 1020. The van der Waals surface area contributed by atoms with Crippen molar-refractivity contribution in [1.29, 1.82) is 0 Å². The average Bonchev–Trinajstić information content (AvgIpc) is 2.99. The molecule has 0 saturated heterocycles. The van der Waals surface area contributed by atoms with Crippen LogP contribution in [0.4, 0.5) is 24.5 Å². The Labute approximate surface area is 251 Å². The van der Waals surface area contributed by atoms with Crippen LogP contribution in [0, 0.1) is 5.92 Å². The molecule has 2 aromatic rings. The van der Waals surface area contributed by atoms with Gasteiger partial charge in [-0.05, 0) is 36.2 Å². The smallest absolute Gasteiger partial charge is 0.416 e. The van der Waals surface area contributed by atoms with E-state index in [0.29, 0.717) is 77.7 Å². The zero-order valence-corrected chi connectivity index (χ0v) is 25.0. The fourth-order valence-corrected chi connectivity index (χ4v) is 3.47. The standard InChI is InChI=1S/C31H44F3NO8/c1-3-25(2)24-42-20-19-40-16-15-38-12-11-37-13-14-39-17-18-41-21-22-43-30(36)28-9-4-5-10-29(28)35-27-8-6-7-26(23-27)31(32,33)34/h4-10,23,25,35H,3,11-22,24H2,1-2H3. The SMILES string of the molecule is CCC(C)COCCOCCOCCOCCOCCOCCOC(=O)c1ccccc1Nc1cccc(C(F)(F)F)c1. The predicted octanol–water partition coefficient (Wildman–Crippen LogP) is 5.75. The summed E-state index contributed by atoms with van der Waals surface area (Å²) in [5.41, 5.74) is -0.0621. The Morgan fingerprint density at radius 3 is 1.77 bits per heavy atom. The number of nitrogens with one attached hydrogen (secondary N) is 1. The summed E-state index contributed by atoms with van der Waals surface area (Å²) >= 11 is 0. The van der Waals surface area contributed by atoms with Crippen molar-refractivity contribution in [3.05, 3.63) is 59.7 Å². The van der Waals surface area contributed by atoms with Gasteiger partial charge in [0.25, 0.3) is 0 Å². The topological polar surface area (TPSA) is 93.7 Å². The summed E-state index contributed by atoms with van der Waals surface area (Å²) in [5.74, 6) is -0.0498. The third-order valence-electron chi connectivity index (χ3n) is 6.04. The summed E-state index contributed by atoms with van der Waals surface area (Å²) in [6, 6.07) is 11.2. The number of benzene rings is 2. The first-order valence-electron chi connectivity index (χ1n) is 14.5. The van der Waals surface area contributed by atoms with Crippen LogP contribution in [0.5, 0.6) is 0 Å². The summed E-state index contributed by atoms with van der Waals surface area (Å²) in [5, 5.41) is 2.86. The minimum atomic E-state index is -4.47. The highest BCUT2D eigenvalue weighted by atomic mass is 19.4. The quantitative estimate of drug-likeness (QED) is 0.117. The predicted molar refractivity (Wildman–Crippen MR) is 156 cm³/mol. The molecule has 0 aliphatic carbocycles. The van der Waals surface area contributed by atoms with E-state index < -0.39 is 17.7 Å². The summed E-state index contributed by atoms with van der Waals surface area (Å²) in [6.07, 6.45) is -3.36. The molecule has 43 heavy (non-hydrogen) atoms. The van der Waals surface area contributed by atoms with Crippen LogP contribution in [-0.2, 0) is 39.3 Å². The zero-order chi connectivity index (χ0) is 31.2. The van der Waals surface area contributed by atoms with Gasteiger partial charge in [0.05, 0.1) is 89.5 Å². The Kier molecular flexibility index (Phi) is 18.5. The molecule has 1 atom stereocenters. The van der Waals surface area contributed by atoms with E-state index in [9.17, 15) is 18.0 Å². The lowest BCUT2D eigenvalue weighted by atomic mass is 10.1. The van der Waals surface area contributed by atoms with Crippen LogP contribution in [0.3, 0.4) is 0 Å². The third kappa shape index (κ3) is 16.6. The van der Waals surface area contributed by atoms with Crippen molar-refractivity contribution in [2.24, 2.45) is 5.92 Å². The van der Waals surface area contributed by atoms with E-state index >= 15 is 0 Å². The Hall–Kier alpha value is -2.74. The van der Waals surface area contributed by atoms with Crippen molar-refractivity contribution in [2.75, 3.05) is 91.2 Å². The highest BCUT2D eigenvalue weighted by molar-refractivity contribution is 5.96. The van der Waals surface area contributed by atoms with Crippen molar-refractivity contribution in [1.82, 2.24) is 0 Å². The molecule has 12 heteroatoms. The van der Waals surface area contributed by atoms with Gasteiger partial charge >= 0.3 is 12.1 Å². The first kappa shape index (κ1) is 36.5. The van der Waals surface area contributed by atoms with Gasteiger partial charge in [0.1, 0.15) is 6.61 Å². The normalized spacial score (nSPS) is 12.3. The van der Waals surface area contributed by atoms with Crippen LogP contribution in [0.2, 0.25) is 0 Å². The van der Waals surface area contributed by atoms with Gasteiger partial charge in [0.2, 0.25) is 0 Å². The van der Waals surface area contributed by atoms with Gasteiger partial charge in [-0.1, -0.05) is 38.5 Å². The number of carbonyl (C=O) groups is 1. The van der Waals surface area contributed by atoms with Crippen molar-refractivity contribution in [2.45, 2.75) is 26.4 Å². The molecule has 1 unspecified atom stereocenters. The van der Waals surface area contributed by atoms with E-state index in [4.69, 9.17) is 33.2 Å². The van der Waals surface area contributed by atoms with Crippen LogP contribution in [0.1, 0.15) is 36.2 Å². The second-order valence-electron chi connectivity index (χ2n) is 9.54.